The Morgan fingerprint density at radius 3 is 2.13 bits per heavy atom. The quantitative estimate of drug-likeness (QED) is 0.729. The zero-order valence-electron chi connectivity index (χ0n) is 18.3. The first kappa shape index (κ1) is 23.4. The third-order valence-electron chi connectivity index (χ3n) is 4.69. The number of rotatable bonds is 7. The average Bonchev–Trinajstić information content (AvgIpc) is 2.66. The summed E-state index contributed by atoms with van der Waals surface area (Å²) in [4.78, 5) is 26.2. The number of aryl methyl sites for hydroxylation is 1. The molecule has 0 fully saturated rings. The van der Waals surface area contributed by atoms with Crippen LogP contribution >= 0.6 is 0 Å². The summed E-state index contributed by atoms with van der Waals surface area (Å²) >= 11 is 0. The van der Waals surface area contributed by atoms with Gasteiger partial charge in [-0.1, -0.05) is 32.0 Å². The van der Waals surface area contributed by atoms with E-state index in [4.69, 9.17) is 0 Å². The van der Waals surface area contributed by atoms with Crippen molar-refractivity contribution in [2.75, 3.05) is 36.5 Å². The highest BCUT2D eigenvalue weighted by Crippen LogP contribution is 2.27. The van der Waals surface area contributed by atoms with Gasteiger partial charge < -0.3 is 10.2 Å². The van der Waals surface area contributed by atoms with Gasteiger partial charge in [-0.15, -0.1) is 0 Å². The van der Waals surface area contributed by atoms with Gasteiger partial charge in [0, 0.05) is 25.3 Å². The molecule has 30 heavy (non-hydrogen) atoms. The Hall–Kier alpha value is -2.87. The predicted octanol–water partition coefficient (Wildman–Crippen LogP) is 3.22. The van der Waals surface area contributed by atoms with Gasteiger partial charge in [0.05, 0.1) is 11.9 Å². The molecular formula is C22H29N3O4S. The lowest BCUT2D eigenvalue weighted by Gasteiger charge is -2.23. The minimum atomic E-state index is -3.71. The molecule has 2 aromatic rings. The van der Waals surface area contributed by atoms with Crippen LogP contribution in [0.4, 0.5) is 11.4 Å². The Kier molecular flexibility index (Phi) is 7.25. The van der Waals surface area contributed by atoms with Crippen LogP contribution in [0.15, 0.2) is 42.5 Å². The second-order valence-electron chi connectivity index (χ2n) is 7.76. The molecule has 0 saturated heterocycles. The zero-order valence-corrected chi connectivity index (χ0v) is 19.1. The fraction of sp³-hybridized carbons (Fsp3) is 0.364. The van der Waals surface area contributed by atoms with E-state index in [9.17, 15) is 18.0 Å². The van der Waals surface area contributed by atoms with Crippen LogP contribution in [0.25, 0.3) is 0 Å². The summed E-state index contributed by atoms with van der Waals surface area (Å²) in [7, 11) is -0.436. The van der Waals surface area contributed by atoms with E-state index in [0.717, 1.165) is 21.7 Å². The maximum atomic E-state index is 12.8. The van der Waals surface area contributed by atoms with Gasteiger partial charge in [0.15, 0.2) is 0 Å². The summed E-state index contributed by atoms with van der Waals surface area (Å²) in [6.07, 6.45) is 1.05. The number of nitrogens with zero attached hydrogens (tertiary/aromatic N) is 2. The monoisotopic (exact) mass is 431 g/mol. The van der Waals surface area contributed by atoms with Crippen LogP contribution in [-0.4, -0.2) is 52.0 Å². The van der Waals surface area contributed by atoms with E-state index in [1.807, 2.05) is 39.0 Å². The van der Waals surface area contributed by atoms with E-state index < -0.39 is 15.9 Å². The fourth-order valence-electron chi connectivity index (χ4n) is 3.08. The Bertz CT molecular complexity index is 1030. The van der Waals surface area contributed by atoms with Gasteiger partial charge in [-0.25, -0.2) is 8.42 Å². The van der Waals surface area contributed by atoms with Crippen LogP contribution in [-0.2, 0) is 14.8 Å². The summed E-state index contributed by atoms with van der Waals surface area (Å²) in [5, 5.41) is 2.87. The SMILES string of the molecule is Cc1cccc(C(C)C)c1NC(=O)CN(c1ccc(C(=O)N(C)C)cc1)S(C)(=O)=O. The molecule has 0 aliphatic rings. The van der Waals surface area contributed by atoms with Crippen LogP contribution < -0.4 is 9.62 Å². The molecule has 0 heterocycles. The Morgan fingerprint density at radius 1 is 1.03 bits per heavy atom. The zero-order chi connectivity index (χ0) is 22.6. The van der Waals surface area contributed by atoms with Crippen LogP contribution in [0.2, 0.25) is 0 Å². The minimum Gasteiger partial charge on any atom is -0.345 e. The number of hydrogen-bond acceptors (Lipinski definition) is 4. The van der Waals surface area contributed by atoms with Gasteiger partial charge in [-0.3, -0.25) is 13.9 Å². The van der Waals surface area contributed by atoms with Crippen molar-refractivity contribution in [2.45, 2.75) is 26.7 Å². The number of benzene rings is 2. The molecule has 2 aromatic carbocycles. The van der Waals surface area contributed by atoms with E-state index in [1.54, 1.807) is 26.2 Å². The molecule has 1 N–H and O–H groups in total. The van der Waals surface area contributed by atoms with Crippen LogP contribution in [0, 0.1) is 6.92 Å². The van der Waals surface area contributed by atoms with Gasteiger partial charge in [0.1, 0.15) is 6.54 Å². The highest BCUT2D eigenvalue weighted by atomic mass is 32.2. The van der Waals surface area contributed by atoms with E-state index in [-0.39, 0.29) is 18.4 Å². The molecular weight excluding hydrogens is 402 g/mol. The lowest BCUT2D eigenvalue weighted by Crippen LogP contribution is -2.37. The topological polar surface area (TPSA) is 86.8 Å². The molecule has 7 nitrogen and oxygen atoms in total. The van der Waals surface area contributed by atoms with E-state index >= 15 is 0 Å². The van der Waals surface area contributed by atoms with Crippen molar-refractivity contribution < 1.29 is 18.0 Å². The number of carbonyl (C=O) groups is 2. The smallest absolute Gasteiger partial charge is 0.253 e. The summed E-state index contributed by atoms with van der Waals surface area (Å²) in [6.45, 7) is 5.59. The Labute approximate surface area is 178 Å². The van der Waals surface area contributed by atoms with E-state index in [1.165, 1.54) is 17.0 Å². The van der Waals surface area contributed by atoms with Crippen molar-refractivity contribution in [3.63, 3.8) is 0 Å². The first-order chi connectivity index (χ1) is 13.9. The maximum absolute atomic E-state index is 12.8. The minimum absolute atomic E-state index is 0.189. The Morgan fingerprint density at radius 2 is 1.63 bits per heavy atom. The summed E-state index contributed by atoms with van der Waals surface area (Å²) in [5.74, 6) is -0.427. The normalized spacial score (nSPS) is 11.3. The standard InChI is InChI=1S/C22H29N3O4S/c1-15(2)19-9-7-8-16(3)21(19)23-20(26)14-25(30(6,28)29)18-12-10-17(11-13-18)22(27)24(4)5/h7-13,15H,14H2,1-6H3,(H,23,26). The maximum Gasteiger partial charge on any atom is 0.253 e. The molecule has 0 unspecified atom stereocenters. The molecule has 2 rings (SSSR count). The lowest BCUT2D eigenvalue weighted by atomic mass is 9.98. The third-order valence-corrected chi connectivity index (χ3v) is 5.83. The van der Waals surface area contributed by atoms with Gasteiger partial charge in [0.25, 0.3) is 5.91 Å². The molecule has 0 aliphatic heterocycles. The summed E-state index contributed by atoms with van der Waals surface area (Å²) in [6, 6.07) is 11.9. The number of para-hydroxylation sites is 1. The van der Waals surface area contributed by atoms with Crippen molar-refractivity contribution in [2.24, 2.45) is 0 Å². The molecule has 0 aromatic heterocycles. The number of anilines is 2. The fourth-order valence-corrected chi connectivity index (χ4v) is 3.94. The Balaban J connectivity index is 2.29. The largest absolute Gasteiger partial charge is 0.345 e. The van der Waals surface area contributed by atoms with Crippen LogP contribution in [0.3, 0.4) is 0 Å². The molecule has 0 saturated carbocycles. The molecule has 0 spiro atoms. The molecule has 0 bridgehead atoms. The predicted molar refractivity (Wildman–Crippen MR) is 121 cm³/mol. The number of amides is 2. The van der Waals surface area contributed by atoms with Gasteiger partial charge >= 0.3 is 0 Å². The van der Waals surface area contributed by atoms with Gasteiger partial charge in [-0.2, -0.15) is 0 Å². The average molecular weight is 432 g/mol. The highest BCUT2D eigenvalue weighted by Gasteiger charge is 2.22. The van der Waals surface area contributed by atoms with Crippen molar-refractivity contribution in [3.05, 3.63) is 59.2 Å². The van der Waals surface area contributed by atoms with Crippen LogP contribution in [0.1, 0.15) is 41.3 Å². The van der Waals surface area contributed by atoms with E-state index in [0.29, 0.717) is 16.9 Å². The summed E-state index contributed by atoms with van der Waals surface area (Å²) < 4.78 is 25.7. The number of carbonyl (C=O) groups excluding carboxylic acids is 2. The summed E-state index contributed by atoms with van der Waals surface area (Å²) in [5.41, 5.74) is 3.35. The lowest BCUT2D eigenvalue weighted by molar-refractivity contribution is -0.114. The number of nitrogens with one attached hydrogen (secondary N) is 1. The molecule has 8 heteroatoms. The number of sulfonamides is 1. The first-order valence-corrected chi connectivity index (χ1v) is 11.5. The van der Waals surface area contributed by atoms with Crippen molar-refractivity contribution in [1.29, 1.82) is 0 Å². The van der Waals surface area contributed by atoms with Crippen LogP contribution in [0.5, 0.6) is 0 Å². The molecule has 0 radical (unpaired) electrons. The van der Waals surface area contributed by atoms with E-state index in [2.05, 4.69) is 5.32 Å². The third kappa shape index (κ3) is 5.60. The second kappa shape index (κ2) is 9.30. The molecule has 162 valence electrons. The number of hydrogen-bond donors (Lipinski definition) is 1. The molecule has 0 atom stereocenters. The van der Waals surface area contributed by atoms with Crippen molar-refractivity contribution >= 4 is 33.2 Å². The van der Waals surface area contributed by atoms with Crippen molar-refractivity contribution in [3.8, 4) is 0 Å². The van der Waals surface area contributed by atoms with Crippen molar-refractivity contribution in [1.82, 2.24) is 4.90 Å². The van der Waals surface area contributed by atoms with Gasteiger partial charge in [0.2, 0.25) is 15.9 Å². The highest BCUT2D eigenvalue weighted by molar-refractivity contribution is 7.92. The molecule has 2 amide bonds. The van der Waals surface area contributed by atoms with Gasteiger partial charge in [-0.05, 0) is 48.2 Å². The second-order valence-corrected chi connectivity index (χ2v) is 9.66. The molecule has 0 aliphatic carbocycles. The first-order valence-electron chi connectivity index (χ1n) is 9.60.